The Bertz CT molecular complexity index is 1580. The van der Waals surface area contributed by atoms with Gasteiger partial charge in [0.25, 0.3) is 0 Å². The first kappa shape index (κ1) is 21.8. The van der Waals surface area contributed by atoms with Crippen molar-refractivity contribution in [1.29, 1.82) is 0 Å². The van der Waals surface area contributed by atoms with Crippen LogP contribution in [0.15, 0.2) is 111 Å². The summed E-state index contributed by atoms with van der Waals surface area (Å²) >= 11 is 3.35. The number of nitrogens with zero attached hydrogens (tertiary/aromatic N) is 2. The van der Waals surface area contributed by atoms with E-state index in [2.05, 4.69) is 102 Å². The topological polar surface area (TPSA) is 38.5 Å². The van der Waals surface area contributed by atoms with Gasteiger partial charge in [0.1, 0.15) is 11.5 Å². The van der Waals surface area contributed by atoms with Gasteiger partial charge in [-0.15, -0.1) is 11.3 Å². The number of rotatable bonds is 4. The SMILES string of the molecule is Cc1ccc(N=c2scc(-c3ccc4c(c3)Sc3ccccc3O4)n2Nc2ccc(C)cc2)cc1. The molecule has 0 amide bonds. The normalized spacial score (nSPS) is 12.6. The Kier molecular flexibility index (Phi) is 5.68. The lowest BCUT2D eigenvalue weighted by atomic mass is 10.1. The molecule has 0 saturated heterocycles. The third-order valence-electron chi connectivity index (χ3n) is 5.79. The van der Waals surface area contributed by atoms with E-state index in [4.69, 9.17) is 9.73 Å². The van der Waals surface area contributed by atoms with Crippen molar-refractivity contribution in [3.8, 4) is 22.8 Å². The lowest BCUT2D eigenvalue weighted by Gasteiger charge is -2.20. The van der Waals surface area contributed by atoms with E-state index in [1.165, 1.54) is 11.1 Å². The fourth-order valence-corrected chi connectivity index (χ4v) is 5.73. The number of benzene rings is 4. The number of anilines is 1. The second-order valence-corrected chi connectivity index (χ2v) is 10.4. The second-order valence-electron chi connectivity index (χ2n) is 8.48. The molecular weight excluding hydrogens is 470 g/mol. The third kappa shape index (κ3) is 4.50. The zero-order valence-corrected chi connectivity index (χ0v) is 21.0. The predicted octanol–water partition coefficient (Wildman–Crippen LogP) is 8.20. The standard InChI is InChI=1S/C29H23N3OS2/c1-19-7-12-22(13-8-19)30-29-32(31-23-14-9-20(2)10-15-23)24(18-34-29)21-11-16-26-28(17-21)35-27-6-4-3-5-25(27)33-26/h3-18,31H,1-2H3. The van der Waals surface area contributed by atoms with E-state index in [0.29, 0.717) is 0 Å². The first-order valence-corrected chi connectivity index (χ1v) is 13.1. The highest BCUT2D eigenvalue weighted by Crippen LogP contribution is 2.47. The van der Waals surface area contributed by atoms with E-state index < -0.39 is 0 Å². The van der Waals surface area contributed by atoms with Crippen LogP contribution in [0.3, 0.4) is 0 Å². The number of para-hydroxylation sites is 1. The Balaban J connectivity index is 1.44. The molecule has 1 aliphatic heterocycles. The van der Waals surface area contributed by atoms with Gasteiger partial charge in [-0.25, -0.2) is 9.67 Å². The highest BCUT2D eigenvalue weighted by Gasteiger charge is 2.19. The Morgan fingerprint density at radius 2 is 1.49 bits per heavy atom. The number of ether oxygens (including phenoxy) is 1. The molecule has 5 aromatic rings. The number of thiazole rings is 1. The van der Waals surface area contributed by atoms with Crippen LogP contribution in [0.5, 0.6) is 11.5 Å². The van der Waals surface area contributed by atoms with E-state index in [-0.39, 0.29) is 0 Å². The largest absolute Gasteiger partial charge is 0.455 e. The quantitative estimate of drug-likeness (QED) is 0.269. The van der Waals surface area contributed by atoms with E-state index in [0.717, 1.165) is 48.7 Å². The van der Waals surface area contributed by atoms with Crippen LogP contribution in [-0.2, 0) is 0 Å². The van der Waals surface area contributed by atoms with Crippen molar-refractivity contribution in [1.82, 2.24) is 4.68 Å². The van der Waals surface area contributed by atoms with Gasteiger partial charge in [0.15, 0.2) is 0 Å². The summed E-state index contributed by atoms with van der Waals surface area (Å²) in [6.07, 6.45) is 0. The molecule has 0 unspecified atom stereocenters. The Morgan fingerprint density at radius 3 is 2.29 bits per heavy atom. The van der Waals surface area contributed by atoms with Crippen LogP contribution in [0.25, 0.3) is 11.3 Å². The monoisotopic (exact) mass is 493 g/mol. The molecule has 0 spiro atoms. The molecule has 172 valence electrons. The number of aryl methyl sites for hydroxylation is 2. The van der Waals surface area contributed by atoms with Crippen LogP contribution >= 0.6 is 23.1 Å². The number of nitrogens with one attached hydrogen (secondary N) is 1. The van der Waals surface area contributed by atoms with Gasteiger partial charge < -0.3 is 4.74 Å². The molecule has 4 nitrogen and oxygen atoms in total. The van der Waals surface area contributed by atoms with Gasteiger partial charge in [0.05, 0.1) is 26.9 Å². The minimum absolute atomic E-state index is 0.872. The fourth-order valence-electron chi connectivity index (χ4n) is 3.87. The summed E-state index contributed by atoms with van der Waals surface area (Å²) in [6.45, 7) is 4.18. The molecule has 0 fully saturated rings. The minimum atomic E-state index is 0.872. The lowest BCUT2D eigenvalue weighted by molar-refractivity contribution is 0.454. The summed E-state index contributed by atoms with van der Waals surface area (Å²) < 4.78 is 8.21. The highest BCUT2D eigenvalue weighted by molar-refractivity contribution is 7.99. The second kappa shape index (κ2) is 9.13. The molecule has 1 aliphatic rings. The Labute approximate surface area is 212 Å². The van der Waals surface area contributed by atoms with Crippen molar-refractivity contribution in [2.45, 2.75) is 23.6 Å². The predicted molar refractivity (Wildman–Crippen MR) is 145 cm³/mol. The van der Waals surface area contributed by atoms with Crippen LogP contribution in [0, 0.1) is 13.8 Å². The van der Waals surface area contributed by atoms with Gasteiger partial charge in [-0.05, 0) is 68.4 Å². The van der Waals surface area contributed by atoms with Crippen molar-refractivity contribution in [2.24, 2.45) is 4.99 Å². The molecule has 6 rings (SSSR count). The maximum Gasteiger partial charge on any atom is 0.209 e. The van der Waals surface area contributed by atoms with Crippen LogP contribution in [0.4, 0.5) is 11.4 Å². The fraction of sp³-hybridized carbons (Fsp3) is 0.0690. The van der Waals surface area contributed by atoms with Crippen molar-refractivity contribution < 1.29 is 4.74 Å². The van der Waals surface area contributed by atoms with Crippen LogP contribution in [-0.4, -0.2) is 4.68 Å². The van der Waals surface area contributed by atoms with Crippen molar-refractivity contribution >= 4 is 34.5 Å². The summed E-state index contributed by atoms with van der Waals surface area (Å²) in [5.74, 6) is 1.79. The summed E-state index contributed by atoms with van der Waals surface area (Å²) in [4.78, 5) is 8.05. The first-order chi connectivity index (χ1) is 17.1. The van der Waals surface area contributed by atoms with Gasteiger partial charge in [-0.2, -0.15) is 0 Å². The maximum atomic E-state index is 6.14. The van der Waals surface area contributed by atoms with Gasteiger partial charge in [-0.3, -0.25) is 5.43 Å². The number of aromatic nitrogens is 1. The van der Waals surface area contributed by atoms with E-state index in [1.54, 1.807) is 23.1 Å². The Morgan fingerprint density at radius 1 is 0.771 bits per heavy atom. The summed E-state index contributed by atoms with van der Waals surface area (Å²) in [5, 5.41) is 2.15. The first-order valence-electron chi connectivity index (χ1n) is 11.4. The number of hydrogen-bond donors (Lipinski definition) is 1. The summed E-state index contributed by atoms with van der Waals surface area (Å²) in [7, 11) is 0. The van der Waals surface area contributed by atoms with E-state index in [9.17, 15) is 0 Å². The van der Waals surface area contributed by atoms with Gasteiger partial charge >= 0.3 is 0 Å². The van der Waals surface area contributed by atoms with Crippen LogP contribution in [0.1, 0.15) is 11.1 Å². The average Bonchev–Trinajstić information content (AvgIpc) is 3.27. The molecular formula is C29H23N3OS2. The maximum absolute atomic E-state index is 6.14. The third-order valence-corrected chi connectivity index (χ3v) is 7.71. The molecule has 4 aromatic carbocycles. The lowest BCUT2D eigenvalue weighted by Crippen LogP contribution is -2.23. The molecule has 6 heteroatoms. The molecule has 0 atom stereocenters. The van der Waals surface area contributed by atoms with Crippen LogP contribution < -0.4 is 15.0 Å². The molecule has 35 heavy (non-hydrogen) atoms. The molecule has 1 aromatic heterocycles. The van der Waals surface area contributed by atoms with Gasteiger partial charge in [0.2, 0.25) is 4.80 Å². The molecule has 0 saturated carbocycles. The average molecular weight is 494 g/mol. The Hall–Kier alpha value is -3.74. The summed E-state index contributed by atoms with van der Waals surface area (Å²) in [5.41, 5.74) is 10.1. The van der Waals surface area contributed by atoms with Crippen molar-refractivity contribution in [3.63, 3.8) is 0 Å². The molecule has 0 radical (unpaired) electrons. The van der Waals surface area contributed by atoms with Gasteiger partial charge in [0, 0.05) is 10.9 Å². The number of fused-ring (bicyclic) bond motifs is 2. The van der Waals surface area contributed by atoms with Crippen LogP contribution in [0.2, 0.25) is 0 Å². The van der Waals surface area contributed by atoms with E-state index >= 15 is 0 Å². The molecule has 1 N–H and O–H groups in total. The highest BCUT2D eigenvalue weighted by atomic mass is 32.2. The zero-order valence-electron chi connectivity index (χ0n) is 19.4. The van der Waals surface area contributed by atoms with Crippen molar-refractivity contribution in [2.75, 3.05) is 5.43 Å². The number of hydrogen-bond acceptors (Lipinski definition) is 5. The molecule has 0 bridgehead atoms. The molecule has 2 heterocycles. The van der Waals surface area contributed by atoms with E-state index in [1.807, 2.05) is 18.2 Å². The van der Waals surface area contributed by atoms with Crippen molar-refractivity contribution in [3.05, 3.63) is 112 Å². The zero-order chi connectivity index (χ0) is 23.8. The smallest absolute Gasteiger partial charge is 0.209 e. The van der Waals surface area contributed by atoms with Gasteiger partial charge in [-0.1, -0.05) is 59.3 Å². The minimum Gasteiger partial charge on any atom is -0.455 e. The molecule has 0 aliphatic carbocycles. The summed E-state index contributed by atoms with van der Waals surface area (Å²) in [6, 6.07) is 31.2.